The number of imide groups is 2. The second kappa shape index (κ2) is 16.0. The smallest absolute Gasteiger partial charge is 0.262 e. The first-order valence-corrected chi connectivity index (χ1v) is 20.1. The van der Waals surface area contributed by atoms with Crippen molar-refractivity contribution in [3.05, 3.63) is 84.3 Å². The van der Waals surface area contributed by atoms with Gasteiger partial charge in [-0.1, -0.05) is 24.0 Å². The van der Waals surface area contributed by atoms with Crippen LogP contribution in [0.15, 0.2) is 73.2 Å². The highest BCUT2D eigenvalue weighted by molar-refractivity contribution is 6.23. The average Bonchev–Trinajstić information content (AvgIpc) is 3.65. The van der Waals surface area contributed by atoms with Crippen molar-refractivity contribution in [1.82, 2.24) is 29.7 Å². The van der Waals surface area contributed by atoms with Crippen molar-refractivity contribution in [2.24, 2.45) is 7.05 Å². The molecule has 5 aromatic rings. The van der Waals surface area contributed by atoms with E-state index in [4.69, 9.17) is 14.2 Å². The lowest BCUT2D eigenvalue weighted by Gasteiger charge is -2.39. The highest BCUT2D eigenvalue weighted by Crippen LogP contribution is 2.34. The maximum atomic E-state index is 13.0. The van der Waals surface area contributed by atoms with E-state index in [2.05, 4.69) is 67.9 Å². The lowest BCUT2D eigenvalue weighted by molar-refractivity contribution is -0.136. The fraction of sp³-hybridized carbons (Fsp3) is 0.378. The summed E-state index contributed by atoms with van der Waals surface area (Å²) in [6.07, 6.45) is 12.0. The number of carbonyl (C=O) groups excluding carboxylic acids is 4. The number of piperidine rings is 2. The third-order valence-corrected chi connectivity index (χ3v) is 11.8. The number of rotatable bonds is 11. The summed E-state index contributed by atoms with van der Waals surface area (Å²) in [6, 6.07) is 16.2. The highest BCUT2D eigenvalue weighted by Gasteiger charge is 2.44. The van der Waals surface area contributed by atoms with Crippen LogP contribution in [0.3, 0.4) is 0 Å². The van der Waals surface area contributed by atoms with Gasteiger partial charge in [0.15, 0.2) is 0 Å². The Hall–Kier alpha value is -6.10. The predicted octanol–water partition coefficient (Wildman–Crippen LogP) is 5.44. The van der Waals surface area contributed by atoms with Gasteiger partial charge in [0.2, 0.25) is 17.7 Å². The van der Waals surface area contributed by atoms with Crippen molar-refractivity contribution < 1.29 is 33.4 Å². The van der Waals surface area contributed by atoms with Gasteiger partial charge in [0.1, 0.15) is 24.5 Å². The molecule has 1 saturated carbocycles. The Bertz CT molecular complexity index is 2470. The van der Waals surface area contributed by atoms with Gasteiger partial charge in [-0.2, -0.15) is 0 Å². The number of carbonyl (C=O) groups is 4. The van der Waals surface area contributed by atoms with E-state index in [-0.39, 0.29) is 48.9 Å². The predicted molar refractivity (Wildman–Crippen MR) is 215 cm³/mol. The van der Waals surface area contributed by atoms with Gasteiger partial charge in [-0.25, -0.2) is 4.98 Å². The van der Waals surface area contributed by atoms with Gasteiger partial charge >= 0.3 is 0 Å². The molecule has 58 heavy (non-hydrogen) atoms. The number of aromatic nitrogens is 3. The van der Waals surface area contributed by atoms with Crippen molar-refractivity contribution in [2.75, 3.05) is 26.2 Å². The maximum absolute atomic E-state index is 13.0. The Labute approximate surface area is 335 Å². The molecular weight excluding hydrogens is 737 g/mol. The number of aryl methyl sites for hydroxylation is 1. The number of pyridine rings is 2. The number of amides is 4. The SMILES string of the molecule is Cn1c2ccncc2c2ccc(-c3ccc(O[C@H]4C[C@H](OC5CCN(CCCC#CCOc6ccc7c(c6)C(=O)N(C6CCC(=O)NC6=O)C7=O)CC5)C4)nc3)cc21. The van der Waals surface area contributed by atoms with Gasteiger partial charge in [0.05, 0.1) is 28.9 Å². The summed E-state index contributed by atoms with van der Waals surface area (Å²) in [7, 11) is 2.09. The van der Waals surface area contributed by atoms with E-state index < -0.39 is 29.7 Å². The van der Waals surface area contributed by atoms with Crippen LogP contribution in [0.2, 0.25) is 0 Å². The molecule has 296 valence electrons. The molecule has 4 aliphatic rings. The first-order valence-electron chi connectivity index (χ1n) is 20.1. The lowest BCUT2D eigenvalue weighted by atomic mass is 9.91. The molecule has 13 nitrogen and oxygen atoms in total. The summed E-state index contributed by atoms with van der Waals surface area (Å²) in [4.78, 5) is 62.1. The van der Waals surface area contributed by atoms with Gasteiger partial charge in [0, 0.05) is 92.3 Å². The Kier molecular flexibility index (Phi) is 10.4. The Balaban J connectivity index is 0.652. The summed E-state index contributed by atoms with van der Waals surface area (Å²) < 4.78 is 20.6. The van der Waals surface area contributed by atoms with Crippen molar-refractivity contribution in [2.45, 2.75) is 75.7 Å². The standard InChI is InChI=1S/C45H44N6O7/c1-49-38-14-17-46-27-37(38)34-9-6-28(22-40(34)49)29-7-13-42(47-26-29)58-33-23-32(24-33)57-30-15-19-50(20-16-30)18-4-2-3-5-21-56-31-8-10-35-36(25-31)45(55)51(44(35)54)39-11-12-41(52)48-43(39)53/h6-10,13-14,17,22,25-27,30,32-33,39H,2,4,11-12,15-16,18-21,23-24H2,1H3,(H,48,52,53)/t32-,33-,39?. The normalized spacial score (nSPS) is 21.1. The lowest BCUT2D eigenvalue weighted by Crippen LogP contribution is -2.54. The van der Waals surface area contributed by atoms with Crippen molar-refractivity contribution >= 4 is 45.4 Å². The number of unbranched alkanes of at least 4 members (excludes halogenated alkanes) is 1. The van der Waals surface area contributed by atoms with Crippen molar-refractivity contribution in [3.63, 3.8) is 0 Å². The summed E-state index contributed by atoms with van der Waals surface area (Å²) in [5.41, 5.74) is 4.89. The number of hydrogen-bond donors (Lipinski definition) is 1. The van der Waals surface area contributed by atoms with Gasteiger partial charge in [-0.05, 0) is 74.2 Å². The summed E-state index contributed by atoms with van der Waals surface area (Å²) in [5, 5.41) is 4.55. The van der Waals surface area contributed by atoms with Crippen LogP contribution in [0.1, 0.15) is 72.1 Å². The van der Waals surface area contributed by atoms with Crippen LogP contribution >= 0.6 is 0 Å². The van der Waals surface area contributed by atoms with Gasteiger partial charge < -0.3 is 23.7 Å². The largest absolute Gasteiger partial charge is 0.481 e. The minimum Gasteiger partial charge on any atom is -0.481 e. The molecule has 13 heteroatoms. The molecule has 1 unspecified atom stereocenters. The number of likely N-dealkylation sites (tertiary alicyclic amines) is 1. The summed E-state index contributed by atoms with van der Waals surface area (Å²) >= 11 is 0. The Morgan fingerprint density at radius 2 is 1.64 bits per heavy atom. The topological polar surface area (TPSA) is 145 Å². The van der Waals surface area contributed by atoms with E-state index in [0.29, 0.717) is 11.6 Å². The fourth-order valence-corrected chi connectivity index (χ4v) is 8.48. The molecule has 1 N–H and O–H groups in total. The second-order valence-corrected chi connectivity index (χ2v) is 15.5. The van der Waals surface area contributed by atoms with Gasteiger partial charge in [-0.15, -0.1) is 0 Å². The molecule has 1 atom stereocenters. The number of fused-ring (bicyclic) bond motifs is 4. The van der Waals surface area contributed by atoms with Gasteiger partial charge in [0.25, 0.3) is 11.8 Å². The quantitative estimate of drug-likeness (QED) is 0.105. The molecule has 3 aliphatic heterocycles. The summed E-state index contributed by atoms with van der Waals surface area (Å²) in [5.74, 6) is 5.11. The van der Waals surface area contributed by atoms with Crippen LogP contribution in [0.4, 0.5) is 0 Å². The number of nitrogens with one attached hydrogen (secondary N) is 1. The Morgan fingerprint density at radius 1 is 0.810 bits per heavy atom. The molecule has 3 fully saturated rings. The molecular formula is C45H44N6O7. The molecule has 0 radical (unpaired) electrons. The number of nitrogens with zero attached hydrogens (tertiary/aromatic N) is 5. The number of benzene rings is 2. The number of ether oxygens (including phenoxy) is 3. The van der Waals surface area contributed by atoms with Gasteiger partial charge in [-0.3, -0.25) is 34.4 Å². The minimum atomic E-state index is -1.000. The molecule has 0 bridgehead atoms. The highest BCUT2D eigenvalue weighted by atomic mass is 16.5. The molecule has 0 spiro atoms. The van der Waals surface area contributed by atoms with Crippen LogP contribution in [0, 0.1) is 11.8 Å². The monoisotopic (exact) mass is 780 g/mol. The van der Waals surface area contributed by atoms with Crippen molar-refractivity contribution in [3.8, 4) is 34.6 Å². The third kappa shape index (κ3) is 7.53. The molecule has 2 aromatic carbocycles. The molecule has 4 amide bonds. The maximum Gasteiger partial charge on any atom is 0.262 e. The zero-order valence-electron chi connectivity index (χ0n) is 32.3. The van der Waals surface area contributed by atoms with E-state index >= 15 is 0 Å². The van der Waals surface area contributed by atoms with E-state index in [1.165, 1.54) is 28.6 Å². The van der Waals surface area contributed by atoms with E-state index in [0.717, 1.165) is 79.6 Å². The zero-order chi connectivity index (χ0) is 39.8. The number of hydrogen-bond acceptors (Lipinski definition) is 10. The van der Waals surface area contributed by atoms with E-state index in [1.807, 2.05) is 30.7 Å². The van der Waals surface area contributed by atoms with Crippen LogP contribution in [-0.2, 0) is 21.4 Å². The zero-order valence-corrected chi connectivity index (χ0v) is 32.3. The minimum absolute atomic E-state index is 0.0741. The summed E-state index contributed by atoms with van der Waals surface area (Å²) in [6.45, 7) is 3.15. The van der Waals surface area contributed by atoms with Crippen LogP contribution in [-0.4, -0.2) is 98.6 Å². The average molecular weight is 781 g/mol. The molecule has 6 heterocycles. The third-order valence-electron chi connectivity index (χ3n) is 11.8. The molecule has 9 rings (SSSR count). The van der Waals surface area contributed by atoms with E-state index in [1.54, 1.807) is 6.07 Å². The molecule has 3 aromatic heterocycles. The van der Waals surface area contributed by atoms with E-state index in [9.17, 15) is 19.2 Å². The Morgan fingerprint density at radius 3 is 2.45 bits per heavy atom. The fourth-order valence-electron chi connectivity index (χ4n) is 8.48. The first kappa shape index (κ1) is 37.5. The van der Waals surface area contributed by atoms with Crippen LogP contribution < -0.4 is 14.8 Å². The molecule has 2 saturated heterocycles. The first-order chi connectivity index (χ1) is 28.3. The molecule has 1 aliphatic carbocycles. The second-order valence-electron chi connectivity index (χ2n) is 15.5. The van der Waals surface area contributed by atoms with Crippen molar-refractivity contribution in [1.29, 1.82) is 0 Å². The van der Waals surface area contributed by atoms with Crippen LogP contribution in [0.5, 0.6) is 11.6 Å². The van der Waals surface area contributed by atoms with Crippen LogP contribution in [0.25, 0.3) is 32.9 Å².